The number of pyridine rings is 2. The number of fused-ring (bicyclic) bond motifs is 1. The van der Waals surface area contributed by atoms with Crippen molar-refractivity contribution in [2.75, 3.05) is 12.4 Å². The predicted molar refractivity (Wildman–Crippen MR) is 120 cm³/mol. The van der Waals surface area contributed by atoms with Gasteiger partial charge in [-0.25, -0.2) is 4.98 Å². The zero-order valence-corrected chi connectivity index (χ0v) is 17.8. The van der Waals surface area contributed by atoms with E-state index < -0.39 is 0 Å². The summed E-state index contributed by atoms with van der Waals surface area (Å²) < 4.78 is 5.23. The molecule has 0 aliphatic carbocycles. The van der Waals surface area contributed by atoms with Crippen molar-refractivity contribution < 1.29 is 4.74 Å². The predicted octanol–water partition coefficient (Wildman–Crippen LogP) is 5.80. The first-order valence-electron chi connectivity index (χ1n) is 9.12. The Bertz CT molecular complexity index is 1250. The van der Waals surface area contributed by atoms with Crippen LogP contribution in [0.5, 0.6) is 5.75 Å². The quantitative estimate of drug-likeness (QED) is 0.424. The SMILES string of the molecule is COc1cc2[nH]c(=O)c([C@H](C)Nc3cc(-c4cscc4C)ccn3)cc2cc1Cl. The molecule has 0 fully saturated rings. The molecule has 3 aromatic heterocycles. The highest BCUT2D eigenvalue weighted by molar-refractivity contribution is 7.08. The van der Waals surface area contributed by atoms with Crippen LogP contribution in [0.2, 0.25) is 5.02 Å². The van der Waals surface area contributed by atoms with Crippen molar-refractivity contribution in [3.05, 3.63) is 73.8 Å². The standard InChI is InChI=1S/C22H20ClN3O2S/c1-12-10-29-11-17(12)14-4-5-24-21(8-14)25-13(2)16-6-15-7-18(23)20(28-3)9-19(15)26-22(16)27/h4-11,13H,1-3H3,(H,24,25)(H,26,27)/t13-/m0/s1. The minimum atomic E-state index is -0.240. The lowest BCUT2D eigenvalue weighted by Gasteiger charge is -2.16. The second kappa shape index (κ2) is 7.89. The number of nitrogens with one attached hydrogen (secondary N) is 2. The maximum atomic E-state index is 12.7. The van der Waals surface area contributed by atoms with E-state index in [1.807, 2.05) is 25.1 Å². The summed E-state index contributed by atoms with van der Waals surface area (Å²) in [6.45, 7) is 4.03. The summed E-state index contributed by atoms with van der Waals surface area (Å²) in [6, 6.07) is 9.13. The average molecular weight is 426 g/mol. The zero-order valence-electron chi connectivity index (χ0n) is 16.2. The topological polar surface area (TPSA) is 67.0 Å². The Labute approximate surface area is 177 Å². The molecule has 0 bridgehead atoms. The maximum Gasteiger partial charge on any atom is 0.253 e. The average Bonchev–Trinajstić information content (AvgIpc) is 3.13. The van der Waals surface area contributed by atoms with Crippen LogP contribution in [0.15, 0.2) is 52.1 Å². The fourth-order valence-corrected chi connectivity index (χ4v) is 4.44. The van der Waals surface area contributed by atoms with Crippen LogP contribution in [0.4, 0.5) is 5.82 Å². The number of aryl methyl sites for hydroxylation is 1. The van der Waals surface area contributed by atoms with Crippen LogP contribution < -0.4 is 15.6 Å². The third-order valence-corrected chi connectivity index (χ3v) is 6.06. The monoisotopic (exact) mass is 425 g/mol. The van der Waals surface area contributed by atoms with Crippen LogP contribution in [0, 0.1) is 6.92 Å². The lowest BCUT2D eigenvalue weighted by atomic mass is 10.1. The smallest absolute Gasteiger partial charge is 0.253 e. The Morgan fingerprint density at radius 2 is 2.07 bits per heavy atom. The highest BCUT2D eigenvalue weighted by Gasteiger charge is 2.14. The van der Waals surface area contributed by atoms with Crippen molar-refractivity contribution >= 4 is 39.7 Å². The van der Waals surface area contributed by atoms with E-state index >= 15 is 0 Å². The van der Waals surface area contributed by atoms with Crippen LogP contribution >= 0.6 is 22.9 Å². The summed E-state index contributed by atoms with van der Waals surface area (Å²) >= 11 is 7.92. The first kappa shape index (κ1) is 19.5. The number of hydrogen-bond donors (Lipinski definition) is 2. The molecular formula is C22H20ClN3O2S. The van der Waals surface area contributed by atoms with Crippen LogP contribution in [0.3, 0.4) is 0 Å². The van der Waals surface area contributed by atoms with E-state index in [1.54, 1.807) is 36.8 Å². The van der Waals surface area contributed by atoms with Gasteiger partial charge in [0.15, 0.2) is 0 Å². The molecule has 0 saturated heterocycles. The molecule has 0 spiro atoms. The molecule has 0 radical (unpaired) electrons. The molecule has 148 valence electrons. The normalized spacial score (nSPS) is 12.1. The zero-order chi connectivity index (χ0) is 20.5. The maximum absolute atomic E-state index is 12.7. The molecule has 4 rings (SSSR count). The summed E-state index contributed by atoms with van der Waals surface area (Å²) in [5.41, 5.74) is 4.66. The van der Waals surface area contributed by atoms with Crippen molar-refractivity contribution in [3.63, 3.8) is 0 Å². The number of aromatic amines is 1. The van der Waals surface area contributed by atoms with E-state index in [-0.39, 0.29) is 11.6 Å². The van der Waals surface area contributed by atoms with Gasteiger partial charge < -0.3 is 15.0 Å². The summed E-state index contributed by atoms with van der Waals surface area (Å²) in [7, 11) is 1.55. The van der Waals surface area contributed by atoms with E-state index in [2.05, 4.69) is 33.0 Å². The number of methoxy groups -OCH3 is 1. The van der Waals surface area contributed by atoms with E-state index in [4.69, 9.17) is 16.3 Å². The number of aromatic nitrogens is 2. The lowest BCUT2D eigenvalue weighted by molar-refractivity contribution is 0.415. The van der Waals surface area contributed by atoms with Gasteiger partial charge in [0.2, 0.25) is 0 Å². The van der Waals surface area contributed by atoms with Gasteiger partial charge >= 0.3 is 0 Å². The second-order valence-electron chi connectivity index (χ2n) is 6.89. The molecule has 29 heavy (non-hydrogen) atoms. The Balaban J connectivity index is 1.66. The molecule has 4 aromatic rings. The third kappa shape index (κ3) is 3.86. The van der Waals surface area contributed by atoms with Crippen molar-refractivity contribution in [3.8, 4) is 16.9 Å². The van der Waals surface area contributed by atoms with Gasteiger partial charge in [-0.05, 0) is 65.6 Å². The van der Waals surface area contributed by atoms with Gasteiger partial charge in [-0.15, -0.1) is 0 Å². The third-order valence-electron chi connectivity index (χ3n) is 4.90. The number of nitrogens with zero attached hydrogens (tertiary/aromatic N) is 1. The molecule has 5 nitrogen and oxygen atoms in total. The van der Waals surface area contributed by atoms with Gasteiger partial charge in [0, 0.05) is 23.2 Å². The molecule has 2 N–H and O–H groups in total. The van der Waals surface area contributed by atoms with Gasteiger partial charge in [0.25, 0.3) is 5.56 Å². The molecule has 1 aromatic carbocycles. The number of halogens is 1. The largest absolute Gasteiger partial charge is 0.495 e. The summed E-state index contributed by atoms with van der Waals surface area (Å²) in [5, 5.41) is 8.93. The molecule has 0 unspecified atom stereocenters. The molecule has 7 heteroatoms. The van der Waals surface area contributed by atoms with Crippen molar-refractivity contribution in [2.24, 2.45) is 0 Å². The van der Waals surface area contributed by atoms with E-state index in [0.717, 1.165) is 10.9 Å². The molecule has 3 heterocycles. The number of anilines is 1. The fraction of sp³-hybridized carbons (Fsp3) is 0.182. The van der Waals surface area contributed by atoms with Crippen molar-refractivity contribution in [1.82, 2.24) is 9.97 Å². The fourth-order valence-electron chi connectivity index (χ4n) is 3.33. The number of rotatable bonds is 5. The number of benzene rings is 1. The van der Waals surface area contributed by atoms with Crippen molar-refractivity contribution in [1.29, 1.82) is 0 Å². The van der Waals surface area contributed by atoms with Gasteiger partial charge in [-0.2, -0.15) is 11.3 Å². The Kier molecular flexibility index (Phi) is 5.30. The summed E-state index contributed by atoms with van der Waals surface area (Å²) in [6.07, 6.45) is 1.78. The van der Waals surface area contributed by atoms with Crippen LogP contribution in [-0.4, -0.2) is 17.1 Å². The molecular weight excluding hydrogens is 406 g/mol. The Morgan fingerprint density at radius 1 is 1.24 bits per heavy atom. The van der Waals surface area contributed by atoms with Gasteiger partial charge in [-0.3, -0.25) is 4.79 Å². The highest BCUT2D eigenvalue weighted by Crippen LogP contribution is 2.31. The molecule has 0 amide bonds. The number of thiophene rings is 1. The molecule has 0 aliphatic rings. The molecule has 0 aliphatic heterocycles. The number of H-pyrrole nitrogens is 1. The van der Waals surface area contributed by atoms with Crippen LogP contribution in [0.1, 0.15) is 24.1 Å². The van der Waals surface area contributed by atoms with Crippen LogP contribution in [0.25, 0.3) is 22.0 Å². The Hall–Kier alpha value is -2.83. The minimum absolute atomic E-state index is 0.160. The summed E-state index contributed by atoms with van der Waals surface area (Å²) in [4.78, 5) is 20.0. The number of hydrogen-bond acceptors (Lipinski definition) is 5. The lowest BCUT2D eigenvalue weighted by Crippen LogP contribution is -2.19. The van der Waals surface area contributed by atoms with Crippen LogP contribution in [-0.2, 0) is 0 Å². The van der Waals surface area contributed by atoms with Crippen molar-refractivity contribution in [2.45, 2.75) is 19.9 Å². The number of ether oxygens (including phenoxy) is 1. The van der Waals surface area contributed by atoms with Gasteiger partial charge in [-0.1, -0.05) is 11.6 Å². The first-order chi connectivity index (χ1) is 14.0. The minimum Gasteiger partial charge on any atom is -0.495 e. The van der Waals surface area contributed by atoms with E-state index in [1.165, 1.54) is 11.1 Å². The van der Waals surface area contributed by atoms with Gasteiger partial charge in [0.05, 0.1) is 23.7 Å². The highest BCUT2D eigenvalue weighted by atomic mass is 35.5. The van der Waals surface area contributed by atoms with Gasteiger partial charge in [0.1, 0.15) is 11.6 Å². The Morgan fingerprint density at radius 3 is 2.79 bits per heavy atom. The second-order valence-corrected chi connectivity index (χ2v) is 8.04. The van der Waals surface area contributed by atoms with E-state index in [9.17, 15) is 4.79 Å². The molecule has 1 atom stereocenters. The first-order valence-corrected chi connectivity index (χ1v) is 10.4. The molecule has 0 saturated carbocycles. The van der Waals surface area contributed by atoms with E-state index in [0.29, 0.717) is 27.7 Å². The summed E-state index contributed by atoms with van der Waals surface area (Å²) in [5.74, 6) is 1.24.